The van der Waals surface area contributed by atoms with Crippen LogP contribution in [0.1, 0.15) is 50.5 Å². The maximum atomic E-state index is 10.5. The zero-order valence-electron chi connectivity index (χ0n) is 11.9. The van der Waals surface area contributed by atoms with E-state index in [9.17, 15) is 4.79 Å². The Morgan fingerprint density at radius 1 is 1.25 bits per heavy atom. The van der Waals surface area contributed by atoms with Crippen LogP contribution in [0.3, 0.4) is 0 Å². The first kappa shape index (κ1) is 16.6. The average Bonchev–Trinajstić information content (AvgIpc) is 2.43. The molecule has 0 aliphatic rings. The fourth-order valence-electron chi connectivity index (χ4n) is 2.15. The molecule has 0 saturated carbocycles. The van der Waals surface area contributed by atoms with Crippen LogP contribution < -0.4 is 0 Å². The highest BCUT2D eigenvalue weighted by Gasteiger charge is 2.17. The first-order chi connectivity index (χ1) is 9.65. The Kier molecular flexibility index (Phi) is 7.88. The molecule has 0 amide bonds. The Morgan fingerprint density at radius 2 is 1.95 bits per heavy atom. The molecule has 1 aromatic carbocycles. The summed E-state index contributed by atoms with van der Waals surface area (Å²) in [5, 5.41) is 9.25. The van der Waals surface area contributed by atoms with Crippen molar-refractivity contribution in [3.63, 3.8) is 0 Å². The quantitative estimate of drug-likeness (QED) is 0.548. The van der Waals surface area contributed by atoms with Gasteiger partial charge in [0.1, 0.15) is 0 Å². The minimum atomic E-state index is -0.727. The van der Waals surface area contributed by atoms with Gasteiger partial charge in [-0.05, 0) is 37.5 Å². The maximum absolute atomic E-state index is 10.5. The van der Waals surface area contributed by atoms with Crippen molar-refractivity contribution in [1.82, 2.24) is 0 Å². The lowest BCUT2D eigenvalue weighted by Crippen LogP contribution is -2.14. The molecule has 0 bridgehead atoms. The highest BCUT2D eigenvalue weighted by molar-refractivity contribution is 7.80. The van der Waals surface area contributed by atoms with E-state index >= 15 is 0 Å². The molecule has 4 heteroatoms. The molecule has 0 aliphatic heterocycles. The number of ether oxygens (including phenoxy) is 1. The van der Waals surface area contributed by atoms with Crippen molar-refractivity contribution in [1.29, 1.82) is 0 Å². The predicted octanol–water partition coefficient (Wildman–Crippen LogP) is 4.17. The number of rotatable bonds is 9. The van der Waals surface area contributed by atoms with Crippen LogP contribution in [0.4, 0.5) is 0 Å². The van der Waals surface area contributed by atoms with Gasteiger partial charge in [-0.25, -0.2) is 0 Å². The molecule has 20 heavy (non-hydrogen) atoms. The molecule has 3 nitrogen and oxygen atoms in total. The first-order valence-corrected chi connectivity index (χ1v) is 7.49. The maximum Gasteiger partial charge on any atom is 0.303 e. The van der Waals surface area contributed by atoms with Crippen LogP contribution in [0.5, 0.6) is 0 Å². The highest BCUT2D eigenvalue weighted by Crippen LogP contribution is 2.25. The third-order valence-electron chi connectivity index (χ3n) is 3.16. The van der Waals surface area contributed by atoms with Gasteiger partial charge in [0.05, 0.1) is 12.5 Å². The van der Waals surface area contributed by atoms with E-state index in [0.29, 0.717) is 11.7 Å². The molecule has 0 heterocycles. The van der Waals surface area contributed by atoms with Crippen LogP contribution in [0.15, 0.2) is 30.3 Å². The molecule has 1 unspecified atom stereocenters. The largest absolute Gasteiger partial charge is 0.487 e. The molecule has 110 valence electrons. The molecule has 1 aromatic rings. The van der Waals surface area contributed by atoms with Crippen molar-refractivity contribution in [3.05, 3.63) is 35.9 Å². The molecule has 0 fully saturated rings. The third-order valence-corrected chi connectivity index (χ3v) is 3.56. The second-order valence-electron chi connectivity index (χ2n) is 4.71. The topological polar surface area (TPSA) is 46.5 Å². The predicted molar refractivity (Wildman–Crippen MR) is 84.1 cm³/mol. The van der Waals surface area contributed by atoms with Crippen LogP contribution in [0, 0.1) is 0 Å². The fourth-order valence-corrected chi connectivity index (χ4v) is 2.52. The standard InChI is InChI=1S/C16H22O3S/c1-2-19-16(20)14(13-9-5-3-6-10-13)11-7-4-8-12-15(17)18/h3,5-6,9-10,14H,2,4,7-8,11-12H2,1H3,(H,17,18). The van der Waals surface area contributed by atoms with Gasteiger partial charge in [0.2, 0.25) is 0 Å². The molecule has 1 N–H and O–H groups in total. The van der Waals surface area contributed by atoms with E-state index in [1.54, 1.807) is 0 Å². The molecule has 0 aliphatic carbocycles. The number of hydrogen-bond donors (Lipinski definition) is 1. The van der Waals surface area contributed by atoms with Crippen LogP contribution in [0.25, 0.3) is 0 Å². The number of carbonyl (C=O) groups is 1. The summed E-state index contributed by atoms with van der Waals surface area (Å²) in [5.41, 5.74) is 1.17. The number of thiocarbonyl (C=S) groups is 1. The summed E-state index contributed by atoms with van der Waals surface area (Å²) in [6.07, 6.45) is 3.73. The number of hydrogen-bond acceptors (Lipinski definition) is 3. The van der Waals surface area contributed by atoms with Crippen molar-refractivity contribution < 1.29 is 14.6 Å². The van der Waals surface area contributed by atoms with Crippen LogP contribution in [-0.4, -0.2) is 22.7 Å². The lowest BCUT2D eigenvalue weighted by molar-refractivity contribution is -0.137. The first-order valence-electron chi connectivity index (χ1n) is 7.08. The van der Waals surface area contributed by atoms with Gasteiger partial charge >= 0.3 is 5.97 Å². The molecule has 1 rings (SSSR count). The smallest absolute Gasteiger partial charge is 0.303 e. The van der Waals surface area contributed by atoms with Crippen molar-refractivity contribution in [2.24, 2.45) is 0 Å². The normalized spacial score (nSPS) is 11.8. The van der Waals surface area contributed by atoms with Gasteiger partial charge in [-0.1, -0.05) is 43.2 Å². The molecule has 0 spiro atoms. The Morgan fingerprint density at radius 3 is 2.55 bits per heavy atom. The van der Waals surface area contributed by atoms with Crippen LogP contribution in [-0.2, 0) is 9.53 Å². The number of unbranched alkanes of at least 4 members (excludes halogenated alkanes) is 2. The highest BCUT2D eigenvalue weighted by atomic mass is 32.1. The van der Waals surface area contributed by atoms with E-state index < -0.39 is 5.97 Å². The van der Waals surface area contributed by atoms with Gasteiger partial charge < -0.3 is 9.84 Å². The summed E-state index contributed by atoms with van der Waals surface area (Å²) >= 11 is 5.36. The van der Waals surface area contributed by atoms with Gasteiger partial charge in [0.15, 0.2) is 5.05 Å². The fraction of sp³-hybridized carbons (Fsp3) is 0.500. The van der Waals surface area contributed by atoms with E-state index in [1.807, 2.05) is 25.1 Å². The Bertz CT molecular complexity index is 417. The van der Waals surface area contributed by atoms with E-state index in [1.165, 1.54) is 5.56 Å². The number of carboxylic acid groups (broad SMARTS) is 1. The summed E-state index contributed by atoms with van der Waals surface area (Å²) in [5.74, 6) is -0.606. The molecular weight excluding hydrogens is 272 g/mol. The monoisotopic (exact) mass is 294 g/mol. The molecular formula is C16H22O3S. The number of carboxylic acids is 1. The van der Waals surface area contributed by atoms with Gasteiger partial charge in [-0.3, -0.25) is 4.79 Å². The van der Waals surface area contributed by atoms with Crippen LogP contribution >= 0.6 is 12.2 Å². The second kappa shape index (κ2) is 9.48. The Balaban J connectivity index is 2.51. The summed E-state index contributed by atoms with van der Waals surface area (Å²) in [7, 11) is 0. The molecule has 0 saturated heterocycles. The SMILES string of the molecule is CCOC(=S)C(CCCCCC(=O)O)c1ccccc1. The molecule has 0 radical (unpaired) electrons. The van der Waals surface area contributed by atoms with Gasteiger partial charge in [-0.15, -0.1) is 0 Å². The molecule has 1 atom stereocenters. The zero-order valence-corrected chi connectivity index (χ0v) is 12.7. The molecule has 0 aromatic heterocycles. The Labute approximate surface area is 126 Å². The van der Waals surface area contributed by atoms with Gasteiger partial charge in [-0.2, -0.15) is 0 Å². The average molecular weight is 294 g/mol. The minimum absolute atomic E-state index is 0.121. The van der Waals surface area contributed by atoms with E-state index in [4.69, 9.17) is 22.1 Å². The van der Waals surface area contributed by atoms with E-state index in [0.717, 1.165) is 25.7 Å². The summed E-state index contributed by atoms with van der Waals surface area (Å²) < 4.78 is 5.49. The van der Waals surface area contributed by atoms with Gasteiger partial charge in [0, 0.05) is 6.42 Å². The zero-order chi connectivity index (χ0) is 14.8. The summed E-state index contributed by atoms with van der Waals surface area (Å²) in [6, 6.07) is 10.1. The van der Waals surface area contributed by atoms with Crippen molar-refractivity contribution in [2.45, 2.75) is 44.9 Å². The minimum Gasteiger partial charge on any atom is -0.487 e. The third kappa shape index (κ3) is 6.15. The lowest BCUT2D eigenvalue weighted by Gasteiger charge is -2.18. The van der Waals surface area contributed by atoms with Crippen molar-refractivity contribution in [3.8, 4) is 0 Å². The summed E-state index contributed by atoms with van der Waals surface area (Å²) in [4.78, 5) is 10.5. The number of benzene rings is 1. The van der Waals surface area contributed by atoms with Crippen LogP contribution in [0.2, 0.25) is 0 Å². The lowest BCUT2D eigenvalue weighted by atomic mass is 9.93. The van der Waals surface area contributed by atoms with E-state index in [-0.39, 0.29) is 12.3 Å². The van der Waals surface area contributed by atoms with Crippen molar-refractivity contribution >= 4 is 23.2 Å². The summed E-state index contributed by atoms with van der Waals surface area (Å²) in [6.45, 7) is 2.52. The van der Waals surface area contributed by atoms with E-state index in [2.05, 4.69) is 12.1 Å². The second-order valence-corrected chi connectivity index (χ2v) is 5.11. The number of aliphatic carboxylic acids is 1. The van der Waals surface area contributed by atoms with Gasteiger partial charge in [0.25, 0.3) is 0 Å². The Hall–Kier alpha value is -1.42. The van der Waals surface area contributed by atoms with Crippen molar-refractivity contribution in [2.75, 3.05) is 6.61 Å².